The van der Waals surface area contributed by atoms with Gasteiger partial charge in [-0.25, -0.2) is 4.79 Å². The van der Waals surface area contributed by atoms with Crippen molar-refractivity contribution >= 4 is 23.4 Å². The van der Waals surface area contributed by atoms with Gasteiger partial charge >= 0.3 is 6.09 Å². The highest BCUT2D eigenvalue weighted by atomic mass is 16.6. The van der Waals surface area contributed by atoms with Gasteiger partial charge in [-0.1, -0.05) is 30.3 Å². The Labute approximate surface area is 163 Å². The molecule has 7 nitrogen and oxygen atoms in total. The van der Waals surface area contributed by atoms with E-state index in [4.69, 9.17) is 9.47 Å². The van der Waals surface area contributed by atoms with Gasteiger partial charge in [-0.05, 0) is 29.8 Å². The van der Waals surface area contributed by atoms with Crippen LogP contribution in [0.4, 0.5) is 16.2 Å². The fourth-order valence-corrected chi connectivity index (χ4v) is 3.42. The van der Waals surface area contributed by atoms with Crippen molar-refractivity contribution in [3.05, 3.63) is 60.2 Å². The van der Waals surface area contributed by atoms with Gasteiger partial charge in [-0.2, -0.15) is 0 Å². The van der Waals surface area contributed by atoms with Gasteiger partial charge in [-0.3, -0.25) is 9.69 Å². The number of anilines is 2. The predicted octanol–water partition coefficient (Wildman–Crippen LogP) is 2.16. The summed E-state index contributed by atoms with van der Waals surface area (Å²) in [5.41, 5.74) is 2.77. The van der Waals surface area contributed by atoms with Crippen molar-refractivity contribution in [2.45, 2.75) is 12.6 Å². The first-order chi connectivity index (χ1) is 13.7. The zero-order valence-corrected chi connectivity index (χ0v) is 15.5. The van der Waals surface area contributed by atoms with Gasteiger partial charge in [0, 0.05) is 31.0 Å². The Bertz CT molecular complexity index is 825. The number of carbonyl (C=O) groups excluding carboxylic acids is 2. The molecule has 0 saturated carbocycles. The van der Waals surface area contributed by atoms with Crippen molar-refractivity contribution in [3.63, 3.8) is 0 Å². The van der Waals surface area contributed by atoms with Crippen LogP contribution in [0.3, 0.4) is 0 Å². The van der Waals surface area contributed by atoms with E-state index in [2.05, 4.69) is 17.4 Å². The Kier molecular flexibility index (Phi) is 5.55. The van der Waals surface area contributed by atoms with Gasteiger partial charge in [0.05, 0.1) is 13.2 Å². The smallest absolute Gasteiger partial charge is 0.414 e. The Morgan fingerprint density at radius 1 is 0.964 bits per heavy atom. The van der Waals surface area contributed by atoms with Crippen LogP contribution in [0.2, 0.25) is 0 Å². The first kappa shape index (κ1) is 18.5. The van der Waals surface area contributed by atoms with Crippen LogP contribution in [0.1, 0.15) is 5.56 Å². The molecule has 2 aromatic carbocycles. The number of hydrogen-bond acceptors (Lipinski definition) is 5. The van der Waals surface area contributed by atoms with Crippen molar-refractivity contribution in [1.82, 2.24) is 5.32 Å². The summed E-state index contributed by atoms with van der Waals surface area (Å²) in [5, 5.41) is 3.33. The van der Waals surface area contributed by atoms with Gasteiger partial charge in [-0.15, -0.1) is 0 Å². The monoisotopic (exact) mass is 381 g/mol. The van der Waals surface area contributed by atoms with Crippen LogP contribution in [0.15, 0.2) is 54.6 Å². The minimum absolute atomic E-state index is 0.0517. The number of cyclic esters (lactones) is 1. The molecule has 0 spiro atoms. The van der Waals surface area contributed by atoms with E-state index in [1.807, 2.05) is 42.5 Å². The van der Waals surface area contributed by atoms with Crippen LogP contribution in [0.25, 0.3) is 0 Å². The second-order valence-electron chi connectivity index (χ2n) is 6.85. The predicted molar refractivity (Wildman–Crippen MR) is 105 cm³/mol. The van der Waals surface area contributed by atoms with E-state index in [0.29, 0.717) is 26.2 Å². The number of nitrogens with zero attached hydrogens (tertiary/aromatic N) is 2. The SMILES string of the molecule is O=C1COCCN1c1ccc(N2C[C@H](CNCc3ccccc3)OC2=O)cc1. The number of benzene rings is 2. The van der Waals surface area contributed by atoms with Crippen LogP contribution < -0.4 is 15.1 Å². The first-order valence-electron chi connectivity index (χ1n) is 9.42. The molecule has 0 radical (unpaired) electrons. The molecular weight excluding hydrogens is 358 g/mol. The molecule has 2 amide bonds. The molecule has 2 heterocycles. The van der Waals surface area contributed by atoms with Crippen molar-refractivity contribution in [1.29, 1.82) is 0 Å². The number of hydrogen-bond donors (Lipinski definition) is 1. The summed E-state index contributed by atoms with van der Waals surface area (Å²) in [7, 11) is 0. The second kappa shape index (κ2) is 8.41. The summed E-state index contributed by atoms with van der Waals surface area (Å²) >= 11 is 0. The zero-order valence-electron chi connectivity index (χ0n) is 15.5. The van der Waals surface area contributed by atoms with Crippen LogP contribution in [0, 0.1) is 0 Å². The summed E-state index contributed by atoms with van der Waals surface area (Å²) < 4.78 is 10.6. The molecule has 0 bridgehead atoms. The maximum Gasteiger partial charge on any atom is 0.414 e. The van der Waals surface area contributed by atoms with Crippen LogP contribution in [-0.2, 0) is 20.8 Å². The summed E-state index contributed by atoms with van der Waals surface area (Å²) in [5.74, 6) is -0.0517. The lowest BCUT2D eigenvalue weighted by molar-refractivity contribution is -0.125. The quantitative estimate of drug-likeness (QED) is 0.830. The second-order valence-corrected chi connectivity index (χ2v) is 6.85. The third kappa shape index (κ3) is 4.16. The standard InChI is InChI=1S/C21H23N3O4/c25-20-15-27-11-10-23(20)17-6-8-18(9-7-17)24-14-19(28-21(24)26)13-22-12-16-4-2-1-3-5-16/h1-9,19,22H,10-15H2/t19-/m0/s1. The van der Waals surface area contributed by atoms with Crippen molar-refractivity contribution in [2.75, 3.05) is 42.6 Å². The number of amides is 2. The van der Waals surface area contributed by atoms with Crippen molar-refractivity contribution in [3.8, 4) is 0 Å². The van der Waals surface area contributed by atoms with Gasteiger partial charge < -0.3 is 19.7 Å². The minimum Gasteiger partial charge on any atom is -0.443 e. The summed E-state index contributed by atoms with van der Waals surface area (Å²) in [6.07, 6.45) is -0.543. The number of ether oxygens (including phenoxy) is 2. The van der Waals surface area contributed by atoms with Crippen LogP contribution in [-0.4, -0.2) is 51.0 Å². The van der Waals surface area contributed by atoms with E-state index in [1.54, 1.807) is 9.80 Å². The van der Waals surface area contributed by atoms with E-state index in [1.165, 1.54) is 5.56 Å². The fraction of sp³-hybridized carbons (Fsp3) is 0.333. The summed E-state index contributed by atoms with van der Waals surface area (Å²) in [4.78, 5) is 27.5. The molecule has 2 fully saturated rings. The minimum atomic E-state index is -0.346. The summed E-state index contributed by atoms with van der Waals surface area (Å²) in [6.45, 7) is 3.01. The van der Waals surface area contributed by atoms with E-state index >= 15 is 0 Å². The molecule has 2 saturated heterocycles. The average molecular weight is 381 g/mol. The van der Waals surface area contributed by atoms with Crippen molar-refractivity contribution < 1.29 is 19.1 Å². The highest BCUT2D eigenvalue weighted by molar-refractivity contribution is 5.95. The first-order valence-corrected chi connectivity index (χ1v) is 9.42. The molecule has 2 aliphatic heterocycles. The molecule has 0 aliphatic carbocycles. The van der Waals surface area contributed by atoms with E-state index in [0.717, 1.165) is 17.9 Å². The molecule has 28 heavy (non-hydrogen) atoms. The molecule has 2 aromatic rings. The number of carbonyl (C=O) groups is 2. The Balaban J connectivity index is 1.33. The van der Waals surface area contributed by atoms with Gasteiger partial charge in [0.25, 0.3) is 5.91 Å². The van der Waals surface area contributed by atoms with E-state index < -0.39 is 0 Å². The molecule has 0 aromatic heterocycles. The maximum absolute atomic E-state index is 12.3. The molecule has 4 rings (SSSR count). The lowest BCUT2D eigenvalue weighted by Gasteiger charge is -2.27. The lowest BCUT2D eigenvalue weighted by Crippen LogP contribution is -2.41. The van der Waals surface area contributed by atoms with Gasteiger partial charge in [0.15, 0.2) is 0 Å². The number of morpholine rings is 1. The maximum atomic E-state index is 12.3. The lowest BCUT2D eigenvalue weighted by atomic mass is 10.2. The molecule has 1 N–H and O–H groups in total. The van der Waals surface area contributed by atoms with E-state index in [-0.39, 0.29) is 24.7 Å². The molecule has 1 atom stereocenters. The molecule has 0 unspecified atom stereocenters. The zero-order chi connectivity index (χ0) is 19.3. The third-order valence-corrected chi connectivity index (χ3v) is 4.88. The molecule has 7 heteroatoms. The summed E-state index contributed by atoms with van der Waals surface area (Å²) in [6, 6.07) is 17.5. The van der Waals surface area contributed by atoms with E-state index in [9.17, 15) is 9.59 Å². The highest BCUT2D eigenvalue weighted by Crippen LogP contribution is 2.25. The molecule has 146 valence electrons. The van der Waals surface area contributed by atoms with Crippen LogP contribution in [0.5, 0.6) is 0 Å². The van der Waals surface area contributed by atoms with Crippen molar-refractivity contribution in [2.24, 2.45) is 0 Å². The Morgan fingerprint density at radius 2 is 1.68 bits per heavy atom. The molecule has 2 aliphatic rings. The third-order valence-electron chi connectivity index (χ3n) is 4.88. The normalized spacial score (nSPS) is 19.8. The largest absolute Gasteiger partial charge is 0.443 e. The van der Waals surface area contributed by atoms with Gasteiger partial charge in [0.2, 0.25) is 0 Å². The van der Waals surface area contributed by atoms with Gasteiger partial charge in [0.1, 0.15) is 12.7 Å². The topological polar surface area (TPSA) is 71.1 Å². The Hall–Kier alpha value is -2.90. The van der Waals surface area contributed by atoms with Crippen LogP contribution >= 0.6 is 0 Å². The fourth-order valence-electron chi connectivity index (χ4n) is 3.42. The average Bonchev–Trinajstić information content (AvgIpc) is 3.10. The highest BCUT2D eigenvalue weighted by Gasteiger charge is 2.32. The molecular formula is C21H23N3O4. The number of nitrogens with one attached hydrogen (secondary N) is 1. The number of rotatable bonds is 6. The Morgan fingerprint density at radius 3 is 2.39 bits per heavy atom.